The van der Waals surface area contributed by atoms with Crippen molar-refractivity contribution < 1.29 is 4.79 Å². The van der Waals surface area contributed by atoms with Gasteiger partial charge < -0.3 is 5.73 Å². The van der Waals surface area contributed by atoms with Gasteiger partial charge in [0.25, 0.3) is 0 Å². The molecule has 66 valence electrons. The van der Waals surface area contributed by atoms with Gasteiger partial charge in [-0.3, -0.25) is 4.79 Å². The first-order valence-electron chi connectivity index (χ1n) is 3.78. The lowest BCUT2D eigenvalue weighted by Gasteiger charge is -1.93. The number of Topliss-reactive ketones (excluding diaryl/α,β-unsaturated/α-hetero) is 1. The summed E-state index contributed by atoms with van der Waals surface area (Å²) in [5.74, 6) is 0.217. The Morgan fingerprint density at radius 1 is 1.42 bits per heavy atom. The number of hydrogen-bond donors (Lipinski definition) is 1. The highest BCUT2D eigenvalue weighted by Crippen LogP contribution is 1.98. The highest BCUT2D eigenvalue weighted by atomic mass is 16.1. The summed E-state index contributed by atoms with van der Waals surface area (Å²) >= 11 is 0. The fourth-order valence-electron chi connectivity index (χ4n) is 0.565. The number of anilines is 1. The van der Waals surface area contributed by atoms with Crippen molar-refractivity contribution in [2.24, 2.45) is 0 Å². The van der Waals surface area contributed by atoms with Gasteiger partial charge in [-0.05, 0) is 0 Å². The second kappa shape index (κ2) is 5.23. The normalized spacial score (nSPS) is 8.25. The number of carbonyl (C=O) groups excluding carboxylic acids is 1. The lowest BCUT2D eigenvalue weighted by atomic mass is 10.3. The van der Waals surface area contributed by atoms with Gasteiger partial charge in [0.2, 0.25) is 0 Å². The van der Waals surface area contributed by atoms with E-state index in [0.29, 0.717) is 11.5 Å². The quantitative estimate of drug-likeness (QED) is 0.640. The third kappa shape index (κ3) is 3.09. The molecule has 0 aromatic carbocycles. The van der Waals surface area contributed by atoms with E-state index in [4.69, 9.17) is 5.73 Å². The number of nitrogen functional groups attached to an aromatic ring is 1. The van der Waals surface area contributed by atoms with Crippen molar-refractivity contribution in [2.75, 3.05) is 5.73 Å². The maximum atomic E-state index is 10.7. The Kier molecular flexibility index (Phi) is 4.60. The Morgan fingerprint density at radius 2 is 2.00 bits per heavy atom. The largest absolute Gasteiger partial charge is 0.384 e. The van der Waals surface area contributed by atoms with Crippen LogP contribution in [0.1, 0.15) is 31.3 Å². The molecule has 0 saturated carbocycles. The number of hydrogen-bond acceptors (Lipinski definition) is 4. The van der Waals surface area contributed by atoms with E-state index in [0.717, 1.165) is 0 Å². The number of nitrogens with zero attached hydrogens (tertiary/aromatic N) is 2. The van der Waals surface area contributed by atoms with Crippen LogP contribution in [0.25, 0.3) is 0 Å². The molecular formula is C8H13N3O. The molecule has 0 aliphatic heterocycles. The lowest BCUT2D eigenvalue weighted by molar-refractivity contribution is 0.101. The van der Waals surface area contributed by atoms with Crippen LogP contribution in [0.5, 0.6) is 0 Å². The molecule has 4 nitrogen and oxygen atoms in total. The summed E-state index contributed by atoms with van der Waals surface area (Å²) in [5, 5.41) is 0. The van der Waals surface area contributed by atoms with Crippen molar-refractivity contribution in [1.82, 2.24) is 9.97 Å². The predicted octanol–water partition coefficient (Wildman–Crippen LogP) is 1.29. The monoisotopic (exact) mass is 167 g/mol. The summed E-state index contributed by atoms with van der Waals surface area (Å²) < 4.78 is 0. The van der Waals surface area contributed by atoms with Gasteiger partial charge in [0, 0.05) is 13.0 Å². The predicted molar refractivity (Wildman–Crippen MR) is 47.8 cm³/mol. The fraction of sp³-hybridized carbons (Fsp3) is 0.375. The Bertz CT molecular complexity index is 260. The zero-order valence-electron chi connectivity index (χ0n) is 7.53. The minimum atomic E-state index is -0.103. The van der Waals surface area contributed by atoms with Crippen molar-refractivity contribution in [2.45, 2.75) is 20.8 Å². The summed E-state index contributed by atoms with van der Waals surface area (Å²) in [5.41, 5.74) is 5.65. The highest BCUT2D eigenvalue weighted by molar-refractivity contribution is 5.92. The summed E-state index contributed by atoms with van der Waals surface area (Å²) in [6.45, 7) is 5.43. The first-order valence-corrected chi connectivity index (χ1v) is 3.78. The molecule has 0 amide bonds. The van der Waals surface area contributed by atoms with Gasteiger partial charge in [-0.2, -0.15) is 0 Å². The van der Waals surface area contributed by atoms with Crippen LogP contribution < -0.4 is 5.73 Å². The second-order valence-corrected chi connectivity index (χ2v) is 1.88. The van der Waals surface area contributed by atoms with Gasteiger partial charge in [0.1, 0.15) is 17.8 Å². The molecule has 1 rings (SSSR count). The van der Waals surface area contributed by atoms with Crippen LogP contribution >= 0.6 is 0 Å². The van der Waals surface area contributed by atoms with Gasteiger partial charge >= 0.3 is 0 Å². The summed E-state index contributed by atoms with van der Waals surface area (Å²) in [7, 11) is 0. The van der Waals surface area contributed by atoms with E-state index < -0.39 is 0 Å². The van der Waals surface area contributed by atoms with Gasteiger partial charge in [-0.1, -0.05) is 13.8 Å². The van der Waals surface area contributed by atoms with E-state index in [1.165, 1.54) is 19.3 Å². The van der Waals surface area contributed by atoms with E-state index in [9.17, 15) is 4.79 Å². The Hall–Kier alpha value is -1.45. The third-order valence-corrected chi connectivity index (χ3v) is 1.05. The average Bonchev–Trinajstić information content (AvgIpc) is 2.08. The Labute approximate surface area is 71.8 Å². The van der Waals surface area contributed by atoms with Crippen LogP contribution in [0, 0.1) is 0 Å². The van der Waals surface area contributed by atoms with Gasteiger partial charge in [0.05, 0.1) is 0 Å². The van der Waals surface area contributed by atoms with Crippen molar-refractivity contribution >= 4 is 11.6 Å². The number of aromatic nitrogens is 2. The fourth-order valence-corrected chi connectivity index (χ4v) is 0.565. The molecular weight excluding hydrogens is 154 g/mol. The average molecular weight is 167 g/mol. The molecule has 1 aromatic rings. The maximum Gasteiger partial charge on any atom is 0.178 e. The van der Waals surface area contributed by atoms with Crippen LogP contribution in [0.15, 0.2) is 12.4 Å². The Balaban J connectivity index is 0.000000561. The molecule has 0 unspecified atom stereocenters. The van der Waals surface area contributed by atoms with Gasteiger partial charge in [-0.15, -0.1) is 0 Å². The summed E-state index contributed by atoms with van der Waals surface area (Å²) in [4.78, 5) is 18.0. The van der Waals surface area contributed by atoms with Crippen molar-refractivity contribution in [3.05, 3.63) is 18.1 Å². The van der Waals surface area contributed by atoms with Crippen LogP contribution in [0.4, 0.5) is 5.82 Å². The Morgan fingerprint density at radius 3 is 2.33 bits per heavy atom. The molecule has 0 aliphatic carbocycles. The number of ketones is 1. The number of nitrogens with two attached hydrogens (primary N) is 1. The second-order valence-electron chi connectivity index (χ2n) is 1.88. The minimum absolute atomic E-state index is 0.103. The zero-order valence-corrected chi connectivity index (χ0v) is 7.53. The van der Waals surface area contributed by atoms with Crippen LogP contribution in [-0.2, 0) is 0 Å². The molecule has 0 spiro atoms. The SMILES string of the molecule is CC.CC(=O)c1cc(N)ncn1. The summed E-state index contributed by atoms with van der Waals surface area (Å²) in [6, 6.07) is 1.45. The first-order chi connectivity index (χ1) is 5.70. The summed E-state index contributed by atoms with van der Waals surface area (Å²) in [6.07, 6.45) is 1.27. The molecule has 0 aliphatic rings. The van der Waals surface area contributed by atoms with Gasteiger partial charge in [0.15, 0.2) is 5.78 Å². The van der Waals surface area contributed by atoms with Crippen molar-refractivity contribution in [3.8, 4) is 0 Å². The molecule has 1 heterocycles. The molecule has 0 fully saturated rings. The molecule has 4 heteroatoms. The molecule has 0 radical (unpaired) electrons. The molecule has 1 aromatic heterocycles. The van der Waals surface area contributed by atoms with Crippen LogP contribution in [-0.4, -0.2) is 15.8 Å². The van der Waals surface area contributed by atoms with E-state index in [1.54, 1.807) is 0 Å². The van der Waals surface area contributed by atoms with E-state index in [-0.39, 0.29) is 5.78 Å². The van der Waals surface area contributed by atoms with E-state index in [2.05, 4.69) is 9.97 Å². The number of carbonyl (C=O) groups is 1. The van der Waals surface area contributed by atoms with Crippen LogP contribution in [0.2, 0.25) is 0 Å². The number of rotatable bonds is 1. The zero-order chi connectivity index (χ0) is 9.56. The highest BCUT2D eigenvalue weighted by Gasteiger charge is 1.99. The maximum absolute atomic E-state index is 10.7. The van der Waals surface area contributed by atoms with Gasteiger partial charge in [-0.25, -0.2) is 9.97 Å². The van der Waals surface area contributed by atoms with Crippen molar-refractivity contribution in [3.63, 3.8) is 0 Å². The molecule has 0 bridgehead atoms. The molecule has 2 N–H and O–H groups in total. The minimum Gasteiger partial charge on any atom is -0.384 e. The van der Waals surface area contributed by atoms with E-state index in [1.807, 2.05) is 13.8 Å². The smallest absolute Gasteiger partial charge is 0.178 e. The lowest BCUT2D eigenvalue weighted by Crippen LogP contribution is -1.99. The standard InChI is InChI=1S/C6H7N3O.C2H6/c1-4(10)5-2-6(7)9-3-8-5;1-2/h2-3H,1H3,(H2,7,8,9);1-2H3. The van der Waals surface area contributed by atoms with Crippen LogP contribution in [0.3, 0.4) is 0 Å². The third-order valence-electron chi connectivity index (χ3n) is 1.05. The molecule has 12 heavy (non-hydrogen) atoms. The first kappa shape index (κ1) is 10.6. The topological polar surface area (TPSA) is 68.9 Å². The van der Waals surface area contributed by atoms with Crippen molar-refractivity contribution in [1.29, 1.82) is 0 Å². The van der Waals surface area contributed by atoms with E-state index >= 15 is 0 Å². The molecule has 0 saturated heterocycles. The molecule has 0 atom stereocenters.